The molecule has 5 heteroatoms. The molecule has 0 saturated heterocycles. The van der Waals surface area contributed by atoms with Gasteiger partial charge < -0.3 is 5.32 Å². The van der Waals surface area contributed by atoms with Gasteiger partial charge in [0.05, 0.1) is 0 Å². The minimum absolute atomic E-state index is 0.136. The zero-order chi connectivity index (χ0) is 11.5. The van der Waals surface area contributed by atoms with Crippen molar-refractivity contribution in [3.63, 3.8) is 0 Å². The number of halogens is 4. The fraction of sp³-hybridized carbons (Fsp3) is 0.400. The first-order valence-corrected chi connectivity index (χ1v) is 4.88. The molecular weight excluding hydrogens is 227 g/mol. The zero-order valence-electron chi connectivity index (χ0n) is 8.11. The maximum Gasteiger partial charge on any atom is 0.407 e. The molecule has 0 aliphatic carbocycles. The first-order valence-electron chi connectivity index (χ1n) is 4.50. The fourth-order valence-electron chi connectivity index (χ4n) is 1.31. The van der Waals surface area contributed by atoms with E-state index >= 15 is 0 Å². The summed E-state index contributed by atoms with van der Waals surface area (Å²) in [6.45, 7) is 1.87. The van der Waals surface area contributed by atoms with Crippen LogP contribution in [0.5, 0.6) is 0 Å². The Morgan fingerprint density at radius 1 is 1.40 bits per heavy atom. The smallest absolute Gasteiger partial charge is 0.303 e. The fourth-order valence-corrected chi connectivity index (χ4v) is 1.51. The summed E-state index contributed by atoms with van der Waals surface area (Å²) in [6.07, 6.45) is -4.30. The maximum atomic E-state index is 12.6. The van der Waals surface area contributed by atoms with Gasteiger partial charge in [0.25, 0.3) is 0 Å². The topological polar surface area (TPSA) is 12.0 Å². The van der Waals surface area contributed by atoms with Crippen molar-refractivity contribution < 1.29 is 13.2 Å². The van der Waals surface area contributed by atoms with E-state index < -0.39 is 12.2 Å². The molecule has 1 N–H and O–H groups in total. The average Bonchev–Trinajstić information content (AvgIpc) is 2.12. The lowest BCUT2D eigenvalue weighted by molar-refractivity contribution is -0.157. The Morgan fingerprint density at radius 2 is 2.07 bits per heavy atom. The first kappa shape index (κ1) is 12.3. The summed E-state index contributed by atoms with van der Waals surface area (Å²) < 4.78 is 37.9. The van der Waals surface area contributed by atoms with Gasteiger partial charge in [-0.2, -0.15) is 13.2 Å². The molecular formula is C10H11ClF3N. The molecule has 0 spiro atoms. The second kappa shape index (κ2) is 4.86. The van der Waals surface area contributed by atoms with Gasteiger partial charge >= 0.3 is 6.18 Å². The predicted octanol–water partition coefficient (Wildman–Crippen LogP) is 3.55. The SMILES string of the molecule is CCNC(c1cccc(Cl)c1)C(F)(F)F. The molecule has 0 aliphatic rings. The highest BCUT2D eigenvalue weighted by Gasteiger charge is 2.40. The Morgan fingerprint density at radius 3 is 2.53 bits per heavy atom. The Balaban J connectivity index is 2.99. The van der Waals surface area contributed by atoms with E-state index in [1.807, 2.05) is 0 Å². The van der Waals surface area contributed by atoms with Crippen molar-refractivity contribution in [1.82, 2.24) is 5.32 Å². The quantitative estimate of drug-likeness (QED) is 0.848. The second-order valence-corrected chi connectivity index (χ2v) is 3.52. The van der Waals surface area contributed by atoms with Crippen LogP contribution in [0.25, 0.3) is 0 Å². The summed E-state index contributed by atoms with van der Waals surface area (Å²) >= 11 is 5.64. The van der Waals surface area contributed by atoms with Crippen LogP contribution in [0.3, 0.4) is 0 Å². The molecule has 1 aromatic carbocycles. The summed E-state index contributed by atoms with van der Waals surface area (Å²) in [5, 5.41) is 2.69. The van der Waals surface area contributed by atoms with Crippen molar-refractivity contribution in [2.75, 3.05) is 6.54 Å². The van der Waals surface area contributed by atoms with Crippen molar-refractivity contribution in [3.8, 4) is 0 Å². The van der Waals surface area contributed by atoms with Crippen LogP contribution in [0.15, 0.2) is 24.3 Å². The Hall–Kier alpha value is -0.740. The molecule has 1 aromatic rings. The van der Waals surface area contributed by atoms with Crippen molar-refractivity contribution >= 4 is 11.6 Å². The summed E-state index contributed by atoms with van der Waals surface area (Å²) in [7, 11) is 0. The molecule has 0 aliphatic heterocycles. The van der Waals surface area contributed by atoms with Gasteiger partial charge in [-0.1, -0.05) is 30.7 Å². The minimum Gasteiger partial charge on any atom is -0.303 e. The van der Waals surface area contributed by atoms with Gasteiger partial charge in [-0.3, -0.25) is 0 Å². The molecule has 0 bridgehead atoms. The van der Waals surface area contributed by atoms with Gasteiger partial charge in [-0.15, -0.1) is 0 Å². The third-order valence-corrected chi connectivity index (χ3v) is 2.15. The summed E-state index contributed by atoms with van der Waals surface area (Å²) in [5.41, 5.74) is 0.136. The van der Waals surface area contributed by atoms with E-state index in [2.05, 4.69) is 5.32 Å². The Kier molecular flexibility index (Phi) is 3.99. The van der Waals surface area contributed by atoms with E-state index in [0.717, 1.165) is 0 Å². The van der Waals surface area contributed by atoms with Crippen LogP contribution < -0.4 is 5.32 Å². The first-order chi connectivity index (χ1) is 6.95. The van der Waals surface area contributed by atoms with Gasteiger partial charge in [0.15, 0.2) is 0 Å². The molecule has 1 unspecified atom stereocenters. The highest BCUT2D eigenvalue weighted by Crippen LogP contribution is 2.33. The van der Waals surface area contributed by atoms with Crippen LogP contribution in [-0.4, -0.2) is 12.7 Å². The van der Waals surface area contributed by atoms with E-state index in [4.69, 9.17) is 11.6 Å². The number of benzene rings is 1. The summed E-state index contributed by atoms with van der Waals surface area (Å²) in [4.78, 5) is 0. The standard InChI is InChI=1S/C10H11ClF3N/c1-2-15-9(10(12,13)14)7-4-3-5-8(11)6-7/h3-6,9,15H,2H2,1H3. The molecule has 1 atom stereocenters. The van der Waals surface area contributed by atoms with E-state index in [0.29, 0.717) is 5.02 Å². The van der Waals surface area contributed by atoms with Gasteiger partial charge in [0.2, 0.25) is 0 Å². The average molecular weight is 238 g/mol. The molecule has 84 valence electrons. The number of rotatable bonds is 3. The zero-order valence-corrected chi connectivity index (χ0v) is 8.86. The Labute approximate surface area is 91.2 Å². The molecule has 0 radical (unpaired) electrons. The lowest BCUT2D eigenvalue weighted by Gasteiger charge is -2.21. The van der Waals surface area contributed by atoms with Gasteiger partial charge in [0, 0.05) is 5.02 Å². The van der Waals surface area contributed by atoms with Crippen LogP contribution in [0.2, 0.25) is 5.02 Å². The van der Waals surface area contributed by atoms with E-state index in [1.165, 1.54) is 18.2 Å². The van der Waals surface area contributed by atoms with Crippen molar-refractivity contribution in [2.24, 2.45) is 0 Å². The number of alkyl halides is 3. The van der Waals surface area contributed by atoms with Crippen molar-refractivity contribution in [2.45, 2.75) is 19.1 Å². The molecule has 1 rings (SSSR count). The molecule has 0 amide bonds. The van der Waals surface area contributed by atoms with Crippen LogP contribution in [0, 0.1) is 0 Å². The third-order valence-electron chi connectivity index (χ3n) is 1.92. The highest BCUT2D eigenvalue weighted by molar-refractivity contribution is 6.30. The second-order valence-electron chi connectivity index (χ2n) is 3.09. The van der Waals surface area contributed by atoms with Crippen LogP contribution in [0.4, 0.5) is 13.2 Å². The largest absolute Gasteiger partial charge is 0.407 e. The highest BCUT2D eigenvalue weighted by atomic mass is 35.5. The molecule has 0 aromatic heterocycles. The lowest BCUT2D eigenvalue weighted by Crippen LogP contribution is -2.33. The van der Waals surface area contributed by atoms with Crippen LogP contribution >= 0.6 is 11.6 Å². The molecule has 0 fully saturated rings. The van der Waals surface area contributed by atoms with Crippen LogP contribution in [0.1, 0.15) is 18.5 Å². The Bertz CT molecular complexity index is 325. The number of hydrogen-bond acceptors (Lipinski definition) is 1. The van der Waals surface area contributed by atoms with E-state index in [9.17, 15) is 13.2 Å². The van der Waals surface area contributed by atoms with E-state index in [1.54, 1.807) is 13.0 Å². The minimum atomic E-state index is -4.30. The van der Waals surface area contributed by atoms with Gasteiger partial charge in [0.1, 0.15) is 6.04 Å². The number of hydrogen-bond donors (Lipinski definition) is 1. The molecule has 0 heterocycles. The van der Waals surface area contributed by atoms with Crippen molar-refractivity contribution in [1.29, 1.82) is 0 Å². The number of nitrogens with one attached hydrogen (secondary N) is 1. The monoisotopic (exact) mass is 237 g/mol. The lowest BCUT2D eigenvalue weighted by atomic mass is 10.1. The summed E-state index contributed by atoms with van der Waals surface area (Å²) in [6, 6.07) is 4.13. The molecule has 15 heavy (non-hydrogen) atoms. The molecule has 0 saturated carbocycles. The van der Waals surface area contributed by atoms with Crippen molar-refractivity contribution in [3.05, 3.63) is 34.9 Å². The molecule has 1 nitrogen and oxygen atoms in total. The van der Waals surface area contributed by atoms with Crippen LogP contribution in [-0.2, 0) is 0 Å². The van der Waals surface area contributed by atoms with E-state index in [-0.39, 0.29) is 12.1 Å². The van der Waals surface area contributed by atoms with Gasteiger partial charge in [-0.25, -0.2) is 0 Å². The normalized spacial score (nSPS) is 13.9. The summed E-state index contributed by atoms with van der Waals surface area (Å²) in [5.74, 6) is 0. The van der Waals surface area contributed by atoms with Gasteiger partial charge in [-0.05, 0) is 24.2 Å². The third kappa shape index (κ3) is 3.39. The predicted molar refractivity (Wildman–Crippen MR) is 53.9 cm³/mol. The maximum absolute atomic E-state index is 12.6.